The molecule has 0 aliphatic carbocycles. The highest BCUT2D eigenvalue weighted by Crippen LogP contribution is 2.41. The van der Waals surface area contributed by atoms with Gasteiger partial charge in [-0.3, -0.25) is 9.78 Å². The van der Waals surface area contributed by atoms with E-state index in [0.717, 1.165) is 16.0 Å². The van der Waals surface area contributed by atoms with Crippen LogP contribution in [-0.2, 0) is 13.2 Å². The smallest absolute Gasteiger partial charge is 0.407 e. The molecule has 0 spiro atoms. The molecular formula is C37H29Cl3N4O7. The number of ether oxygens (including phenoxy) is 3. The predicted molar refractivity (Wildman–Crippen MR) is 192 cm³/mol. The maximum atomic E-state index is 11.7. The molecular weight excluding hydrogens is 719 g/mol. The first-order valence-corrected chi connectivity index (χ1v) is 16.5. The summed E-state index contributed by atoms with van der Waals surface area (Å²) in [5.74, 6) is 0.574. The van der Waals surface area contributed by atoms with Gasteiger partial charge in [0.25, 0.3) is 0 Å². The quantitative estimate of drug-likeness (QED) is 0.101. The number of aliphatic hydroxyl groups excluding tert-OH is 1. The number of amides is 1. The molecule has 14 heteroatoms. The second kappa shape index (κ2) is 17.5. The van der Waals surface area contributed by atoms with Crippen molar-refractivity contribution in [2.24, 2.45) is 0 Å². The number of benzene rings is 3. The van der Waals surface area contributed by atoms with E-state index < -0.39 is 6.09 Å². The molecule has 5 aromatic rings. The topological polar surface area (TPSA) is 155 Å². The minimum atomic E-state index is -1.13. The Kier molecular flexibility index (Phi) is 12.7. The van der Waals surface area contributed by atoms with Crippen molar-refractivity contribution in [1.29, 1.82) is 5.26 Å². The van der Waals surface area contributed by atoms with Crippen LogP contribution < -0.4 is 14.2 Å². The van der Waals surface area contributed by atoms with E-state index in [-0.39, 0.29) is 61.9 Å². The van der Waals surface area contributed by atoms with Crippen LogP contribution in [-0.4, -0.2) is 63.8 Å². The molecule has 0 aliphatic heterocycles. The zero-order valence-corrected chi connectivity index (χ0v) is 29.0. The van der Waals surface area contributed by atoms with Gasteiger partial charge in [-0.15, -0.1) is 0 Å². The molecule has 0 aliphatic rings. The van der Waals surface area contributed by atoms with Gasteiger partial charge in [0.05, 0.1) is 34.3 Å². The first-order chi connectivity index (χ1) is 24.7. The molecule has 0 radical (unpaired) electrons. The number of hydrogen-bond donors (Lipinski definition) is 2. The summed E-state index contributed by atoms with van der Waals surface area (Å²) in [6.45, 7) is -0.0456. The van der Waals surface area contributed by atoms with Crippen LogP contribution in [0.25, 0.3) is 22.3 Å². The fourth-order valence-corrected chi connectivity index (χ4v) is 5.82. The summed E-state index contributed by atoms with van der Waals surface area (Å²) in [6.07, 6.45) is 2.41. The molecule has 0 saturated heterocycles. The van der Waals surface area contributed by atoms with Crippen molar-refractivity contribution in [1.82, 2.24) is 14.9 Å². The van der Waals surface area contributed by atoms with E-state index in [1.165, 1.54) is 12.3 Å². The van der Waals surface area contributed by atoms with Crippen LogP contribution in [0.4, 0.5) is 4.79 Å². The van der Waals surface area contributed by atoms with Gasteiger partial charge in [0.1, 0.15) is 36.7 Å². The summed E-state index contributed by atoms with van der Waals surface area (Å²) in [6, 6.07) is 23.3. The van der Waals surface area contributed by atoms with Gasteiger partial charge in [0.2, 0.25) is 11.8 Å². The Morgan fingerprint density at radius 1 is 0.863 bits per heavy atom. The molecule has 0 saturated carbocycles. The minimum Gasteiger partial charge on any atom is -0.492 e. The Labute approximate surface area is 308 Å². The van der Waals surface area contributed by atoms with Crippen LogP contribution in [0.1, 0.15) is 27.0 Å². The van der Waals surface area contributed by atoms with E-state index in [1.54, 1.807) is 30.5 Å². The molecule has 2 aromatic heterocycles. The van der Waals surface area contributed by atoms with Crippen molar-refractivity contribution in [2.45, 2.75) is 13.2 Å². The number of carboxylic acid groups (broad SMARTS) is 1. The summed E-state index contributed by atoms with van der Waals surface area (Å²) in [5, 5.41) is 28.3. The number of rotatable bonds is 15. The maximum absolute atomic E-state index is 11.7. The lowest BCUT2D eigenvalue weighted by atomic mass is 9.97. The molecule has 0 bridgehead atoms. The monoisotopic (exact) mass is 746 g/mol. The van der Waals surface area contributed by atoms with Gasteiger partial charge in [-0.25, -0.2) is 4.79 Å². The van der Waals surface area contributed by atoms with Gasteiger partial charge >= 0.3 is 6.09 Å². The second-order valence-corrected chi connectivity index (χ2v) is 12.0. The average Bonchev–Trinajstić information content (AvgIpc) is 3.14. The first kappa shape index (κ1) is 36.9. The molecule has 260 valence electrons. The standard InChI is InChI=1S/C37H29Cl3N4O7/c38-32-16-27(20-46)35(50-21-24-15-23(17-41)18-42-19-24)43-36(32)51-22-26-3-1-5-30(33(26)39)31-6-2-4-29(34(31)40)25-7-9-28(10-8-25)49-14-12-44(11-13-45)37(47)48/h1-10,15-16,18-20,45H,11-14,21-22H2,(H,47,48). The minimum absolute atomic E-state index is 0.00215. The van der Waals surface area contributed by atoms with Gasteiger partial charge in [-0.2, -0.15) is 10.2 Å². The van der Waals surface area contributed by atoms with Gasteiger partial charge in [-0.05, 0) is 29.8 Å². The lowest BCUT2D eigenvalue weighted by Gasteiger charge is -2.18. The maximum Gasteiger partial charge on any atom is 0.407 e. The summed E-state index contributed by atoms with van der Waals surface area (Å²) >= 11 is 20.3. The van der Waals surface area contributed by atoms with E-state index in [2.05, 4.69) is 9.97 Å². The van der Waals surface area contributed by atoms with E-state index in [4.69, 9.17) is 59.4 Å². The third-order valence-corrected chi connectivity index (χ3v) is 8.66. The predicted octanol–water partition coefficient (Wildman–Crippen LogP) is 7.96. The molecule has 0 unspecified atom stereocenters. The molecule has 3 aromatic carbocycles. The third-order valence-electron chi connectivity index (χ3n) is 7.53. The number of aromatic nitrogens is 2. The van der Waals surface area contributed by atoms with Gasteiger partial charge in [0.15, 0.2) is 6.29 Å². The van der Waals surface area contributed by atoms with Crippen molar-refractivity contribution in [3.63, 3.8) is 0 Å². The normalized spacial score (nSPS) is 10.6. The Morgan fingerprint density at radius 3 is 2.27 bits per heavy atom. The Hall–Kier alpha value is -5.38. The molecule has 11 nitrogen and oxygen atoms in total. The van der Waals surface area contributed by atoms with Gasteiger partial charge < -0.3 is 29.3 Å². The number of carbonyl (C=O) groups excluding carboxylic acids is 1. The van der Waals surface area contributed by atoms with E-state index in [1.807, 2.05) is 48.5 Å². The number of aliphatic hydroxyl groups is 1. The number of pyridine rings is 2. The highest BCUT2D eigenvalue weighted by atomic mass is 35.5. The van der Waals surface area contributed by atoms with E-state index in [0.29, 0.717) is 49.9 Å². The average molecular weight is 748 g/mol. The number of hydrogen-bond acceptors (Lipinski definition) is 9. The number of nitrogens with zero attached hydrogens (tertiary/aromatic N) is 4. The van der Waals surface area contributed by atoms with Crippen molar-refractivity contribution in [3.8, 4) is 45.8 Å². The fourth-order valence-electron chi connectivity index (χ4n) is 4.99. The van der Waals surface area contributed by atoms with Crippen molar-refractivity contribution in [2.75, 3.05) is 26.3 Å². The summed E-state index contributed by atoms with van der Waals surface area (Å²) in [5.41, 5.74) is 4.66. The van der Waals surface area contributed by atoms with Crippen molar-refractivity contribution >= 4 is 47.2 Å². The second-order valence-electron chi connectivity index (χ2n) is 10.9. The Balaban J connectivity index is 1.30. The van der Waals surface area contributed by atoms with Crippen LogP contribution in [0.15, 0.2) is 85.2 Å². The van der Waals surface area contributed by atoms with E-state index >= 15 is 0 Å². The highest BCUT2D eigenvalue weighted by molar-refractivity contribution is 6.38. The molecule has 0 atom stereocenters. The SMILES string of the molecule is N#Cc1cncc(COc2nc(OCc3cccc(-c4cccc(-c5ccc(OCCN(CCO)C(=O)O)cc5)c4Cl)c3Cl)c(Cl)cc2C=O)c1. The molecule has 5 rings (SSSR count). The number of halogens is 3. The zero-order chi connectivity index (χ0) is 36.3. The summed E-state index contributed by atoms with van der Waals surface area (Å²) < 4.78 is 17.4. The van der Waals surface area contributed by atoms with Crippen LogP contribution in [0, 0.1) is 11.3 Å². The fraction of sp³-hybridized carbons (Fsp3) is 0.162. The number of carbonyl (C=O) groups is 2. The third kappa shape index (κ3) is 9.25. The molecule has 0 fully saturated rings. The van der Waals surface area contributed by atoms with Crippen molar-refractivity contribution in [3.05, 3.63) is 123 Å². The van der Waals surface area contributed by atoms with Crippen LogP contribution in [0.5, 0.6) is 17.5 Å². The largest absolute Gasteiger partial charge is 0.492 e. The summed E-state index contributed by atoms with van der Waals surface area (Å²) in [7, 11) is 0. The first-order valence-electron chi connectivity index (χ1n) is 15.4. The Morgan fingerprint density at radius 2 is 1.57 bits per heavy atom. The molecule has 2 heterocycles. The highest BCUT2D eigenvalue weighted by Gasteiger charge is 2.18. The summed E-state index contributed by atoms with van der Waals surface area (Å²) in [4.78, 5) is 32.4. The number of nitriles is 1. The Bertz CT molecular complexity index is 2070. The van der Waals surface area contributed by atoms with Crippen LogP contribution >= 0.6 is 34.8 Å². The lowest BCUT2D eigenvalue weighted by molar-refractivity contribution is 0.111. The number of aldehydes is 1. The van der Waals surface area contributed by atoms with Crippen molar-refractivity contribution < 1.29 is 34.0 Å². The van der Waals surface area contributed by atoms with Crippen LogP contribution in [0.2, 0.25) is 15.1 Å². The lowest BCUT2D eigenvalue weighted by Crippen LogP contribution is -2.35. The van der Waals surface area contributed by atoms with E-state index in [9.17, 15) is 14.7 Å². The van der Waals surface area contributed by atoms with Gasteiger partial charge in [-0.1, -0.05) is 83.3 Å². The van der Waals surface area contributed by atoms with Gasteiger partial charge in [0, 0.05) is 46.8 Å². The molecule has 1 amide bonds. The van der Waals surface area contributed by atoms with Crippen LogP contribution in [0.3, 0.4) is 0 Å². The zero-order valence-electron chi connectivity index (χ0n) is 26.8. The molecule has 51 heavy (non-hydrogen) atoms. The molecule has 2 N–H and O–H groups in total.